The van der Waals surface area contributed by atoms with Crippen LogP contribution in [0, 0.1) is 11.8 Å². The molecule has 2 N–H and O–H groups in total. The molecule has 2 rings (SSSR count). The number of aromatic nitrogens is 1. The maximum absolute atomic E-state index is 13.0. The average Bonchev–Trinajstić information content (AvgIpc) is 2.84. The van der Waals surface area contributed by atoms with Crippen LogP contribution in [0.5, 0.6) is 11.5 Å². The summed E-state index contributed by atoms with van der Waals surface area (Å²) in [6.07, 6.45) is -0.756. The normalized spacial score (nSPS) is 22.6. The van der Waals surface area contributed by atoms with Crippen molar-refractivity contribution in [3.63, 3.8) is 0 Å². The minimum absolute atomic E-state index is 0.0359. The summed E-state index contributed by atoms with van der Waals surface area (Å²) in [6, 6.07) is -0.200. The molecule has 1 aromatic rings. The second-order valence-electron chi connectivity index (χ2n) is 8.49. The van der Waals surface area contributed by atoms with Crippen molar-refractivity contribution in [3.05, 3.63) is 18.0 Å². The molecule has 206 valence electrons. The number of methoxy groups -OCH3 is 1. The van der Waals surface area contributed by atoms with Crippen molar-refractivity contribution in [3.8, 4) is 11.5 Å². The summed E-state index contributed by atoms with van der Waals surface area (Å²) in [5.41, 5.74) is -0.453. The highest BCUT2D eigenvalue weighted by molar-refractivity contribution is 7.85. The van der Waals surface area contributed by atoms with E-state index in [0.717, 1.165) is 6.26 Å². The Morgan fingerprint density at radius 1 is 1.27 bits per heavy atom. The predicted molar refractivity (Wildman–Crippen MR) is 124 cm³/mol. The fourth-order valence-electron chi connectivity index (χ4n) is 3.29. The lowest BCUT2D eigenvalue weighted by Crippen LogP contribution is -2.46. The first-order valence-electron chi connectivity index (χ1n) is 11.2. The van der Waals surface area contributed by atoms with Gasteiger partial charge in [-0.25, -0.2) is 9.78 Å². The van der Waals surface area contributed by atoms with E-state index in [1.807, 2.05) is 0 Å². The first-order valence-corrected chi connectivity index (χ1v) is 13.0. The van der Waals surface area contributed by atoms with Crippen LogP contribution in [0.4, 0.5) is 0 Å². The van der Waals surface area contributed by atoms with Crippen molar-refractivity contribution >= 4 is 33.9 Å². The molecule has 1 aliphatic rings. The predicted octanol–water partition coefficient (Wildman–Crippen LogP) is -0.0670. The fourth-order valence-corrected chi connectivity index (χ4v) is 3.68. The SMILES string of the molecule is COc1ccnc(C(=O)NC2COC(=O)C(CCOS(C)(=O)=O)C(OC(=O)C(C)C)C(C)OC2=O)c1O. The highest BCUT2D eigenvalue weighted by atomic mass is 32.2. The maximum atomic E-state index is 13.0. The number of esters is 3. The van der Waals surface area contributed by atoms with Gasteiger partial charge in [-0.3, -0.25) is 18.6 Å². The van der Waals surface area contributed by atoms with Gasteiger partial charge in [0, 0.05) is 12.3 Å². The zero-order valence-corrected chi connectivity index (χ0v) is 21.8. The second kappa shape index (κ2) is 12.7. The van der Waals surface area contributed by atoms with Gasteiger partial charge in [0.2, 0.25) is 0 Å². The molecule has 0 radical (unpaired) electrons. The van der Waals surface area contributed by atoms with Gasteiger partial charge in [-0.15, -0.1) is 0 Å². The third kappa shape index (κ3) is 8.28. The third-order valence-corrected chi connectivity index (χ3v) is 5.81. The number of pyridine rings is 1. The van der Waals surface area contributed by atoms with Crippen LogP contribution >= 0.6 is 0 Å². The number of hydrogen-bond donors (Lipinski definition) is 2. The Morgan fingerprint density at radius 2 is 1.95 bits per heavy atom. The molecule has 0 bridgehead atoms. The number of rotatable bonds is 9. The molecule has 14 nitrogen and oxygen atoms in total. The summed E-state index contributed by atoms with van der Waals surface area (Å²) < 4.78 is 48.4. The molecule has 4 atom stereocenters. The van der Waals surface area contributed by atoms with Crippen molar-refractivity contribution in [2.45, 2.75) is 45.4 Å². The Kier molecular flexibility index (Phi) is 10.2. The van der Waals surface area contributed by atoms with Crippen LogP contribution in [0.3, 0.4) is 0 Å². The maximum Gasteiger partial charge on any atom is 0.332 e. The largest absolute Gasteiger partial charge is 0.503 e. The Hall–Kier alpha value is -3.46. The quantitative estimate of drug-likeness (QED) is 0.238. The van der Waals surface area contributed by atoms with Gasteiger partial charge >= 0.3 is 17.9 Å². The first-order chi connectivity index (χ1) is 17.2. The zero-order chi connectivity index (χ0) is 27.9. The summed E-state index contributed by atoms with van der Waals surface area (Å²) >= 11 is 0. The third-order valence-electron chi connectivity index (χ3n) is 5.22. The van der Waals surface area contributed by atoms with E-state index in [1.54, 1.807) is 13.8 Å². The molecular weight excluding hydrogens is 516 g/mol. The number of nitrogens with one attached hydrogen (secondary N) is 1. The monoisotopic (exact) mass is 546 g/mol. The summed E-state index contributed by atoms with van der Waals surface area (Å²) in [6.45, 7) is 3.38. The average molecular weight is 547 g/mol. The molecule has 4 unspecified atom stereocenters. The van der Waals surface area contributed by atoms with Crippen molar-refractivity contribution < 1.29 is 55.8 Å². The molecule has 0 spiro atoms. The van der Waals surface area contributed by atoms with E-state index in [2.05, 4.69) is 10.3 Å². The summed E-state index contributed by atoms with van der Waals surface area (Å²) in [7, 11) is -2.56. The number of nitrogens with zero attached hydrogens (tertiary/aromatic N) is 1. The van der Waals surface area contributed by atoms with Gasteiger partial charge in [-0.2, -0.15) is 8.42 Å². The Morgan fingerprint density at radius 3 is 2.54 bits per heavy atom. The number of amides is 1. The second-order valence-corrected chi connectivity index (χ2v) is 10.1. The lowest BCUT2D eigenvalue weighted by molar-refractivity contribution is -0.177. The number of carbonyl (C=O) groups excluding carboxylic acids is 4. The number of cyclic esters (lactones) is 2. The van der Waals surface area contributed by atoms with Gasteiger partial charge < -0.3 is 29.4 Å². The van der Waals surface area contributed by atoms with E-state index < -0.39 is 88.7 Å². The molecular formula is C22H30N2O12S. The molecule has 1 amide bonds. The number of carbonyl (C=O) groups is 4. The van der Waals surface area contributed by atoms with Gasteiger partial charge in [0.25, 0.3) is 16.0 Å². The fraction of sp³-hybridized carbons (Fsp3) is 0.591. The standard InChI is InChI=1S/C22H30N2O12S/c1-11(2)20(27)36-18-12(3)35-22(29)14(10-33-21(28)13(18)7-9-34-37(5,30)31)24-19(26)16-17(25)15(32-4)6-8-23-16/h6,8,11-14,18,25H,7,9-10H2,1-5H3,(H,24,26). The van der Waals surface area contributed by atoms with Crippen LogP contribution < -0.4 is 10.1 Å². The molecule has 1 saturated heterocycles. The summed E-state index contributed by atoms with van der Waals surface area (Å²) in [5, 5.41) is 12.5. The highest BCUT2D eigenvalue weighted by Gasteiger charge is 2.42. The number of ether oxygens (including phenoxy) is 4. The summed E-state index contributed by atoms with van der Waals surface area (Å²) in [5.74, 6) is -6.09. The molecule has 0 saturated carbocycles. The smallest absolute Gasteiger partial charge is 0.332 e. The Labute approximate surface area is 213 Å². The van der Waals surface area contributed by atoms with Gasteiger partial charge in [0.1, 0.15) is 12.7 Å². The molecule has 1 fully saturated rings. The van der Waals surface area contributed by atoms with Crippen LogP contribution in [0.2, 0.25) is 0 Å². The molecule has 1 aromatic heterocycles. The molecule has 0 aromatic carbocycles. The molecule has 0 aliphatic carbocycles. The zero-order valence-electron chi connectivity index (χ0n) is 21.0. The van der Waals surface area contributed by atoms with E-state index >= 15 is 0 Å². The first kappa shape index (κ1) is 29.8. The highest BCUT2D eigenvalue weighted by Crippen LogP contribution is 2.28. The van der Waals surface area contributed by atoms with Crippen LogP contribution in [0.25, 0.3) is 0 Å². The van der Waals surface area contributed by atoms with Crippen molar-refractivity contribution in [1.29, 1.82) is 0 Å². The van der Waals surface area contributed by atoms with Crippen molar-refractivity contribution in [1.82, 2.24) is 10.3 Å². The summed E-state index contributed by atoms with van der Waals surface area (Å²) in [4.78, 5) is 54.6. The van der Waals surface area contributed by atoms with Gasteiger partial charge in [-0.05, 0) is 13.3 Å². The lowest BCUT2D eigenvalue weighted by atomic mass is 9.95. The van der Waals surface area contributed by atoms with Gasteiger partial charge in [0.05, 0.1) is 31.8 Å². The van der Waals surface area contributed by atoms with E-state index in [9.17, 15) is 32.7 Å². The van der Waals surface area contributed by atoms with E-state index in [1.165, 1.54) is 26.3 Å². The van der Waals surface area contributed by atoms with Gasteiger partial charge in [0.15, 0.2) is 29.3 Å². The minimum Gasteiger partial charge on any atom is -0.503 e. The Bertz CT molecular complexity index is 1120. The minimum atomic E-state index is -3.83. The van der Waals surface area contributed by atoms with Gasteiger partial charge in [-0.1, -0.05) is 13.8 Å². The topological polar surface area (TPSA) is 194 Å². The molecule has 37 heavy (non-hydrogen) atoms. The van der Waals surface area contributed by atoms with Crippen LogP contribution in [-0.2, 0) is 42.9 Å². The van der Waals surface area contributed by atoms with Crippen LogP contribution in [-0.4, -0.2) is 87.2 Å². The van der Waals surface area contributed by atoms with Crippen molar-refractivity contribution in [2.75, 3.05) is 26.6 Å². The molecule has 1 aliphatic heterocycles. The van der Waals surface area contributed by atoms with Crippen LogP contribution in [0.15, 0.2) is 12.3 Å². The van der Waals surface area contributed by atoms with Crippen molar-refractivity contribution in [2.24, 2.45) is 11.8 Å². The van der Waals surface area contributed by atoms with E-state index in [0.29, 0.717) is 0 Å². The van der Waals surface area contributed by atoms with Crippen LogP contribution in [0.1, 0.15) is 37.7 Å². The lowest BCUT2D eigenvalue weighted by Gasteiger charge is -2.29. The van der Waals surface area contributed by atoms with E-state index in [4.69, 9.17) is 23.1 Å². The Balaban J connectivity index is 2.30. The molecule has 2 heterocycles. The molecule has 15 heteroatoms. The number of aromatic hydroxyl groups is 1. The number of hydrogen-bond acceptors (Lipinski definition) is 13. The van der Waals surface area contributed by atoms with E-state index in [-0.39, 0.29) is 12.2 Å².